The third kappa shape index (κ3) is 3.46. The van der Waals surface area contributed by atoms with Crippen LogP contribution in [0.4, 0.5) is 0 Å². The lowest BCUT2D eigenvalue weighted by Crippen LogP contribution is -2.52. The maximum atomic E-state index is 12.6. The highest BCUT2D eigenvalue weighted by atomic mass is 32.1. The maximum absolute atomic E-state index is 12.6. The number of ketones is 1. The van der Waals surface area contributed by atoms with E-state index in [1.807, 2.05) is 0 Å². The molecule has 0 amide bonds. The molecule has 0 aliphatic carbocycles. The number of hydrogen-bond donors (Lipinski definition) is 0. The number of likely N-dealkylation sites (tertiary alicyclic amines) is 1. The molecule has 0 aromatic carbocycles. The van der Waals surface area contributed by atoms with Gasteiger partial charge in [0.2, 0.25) is 0 Å². The van der Waals surface area contributed by atoms with Crippen LogP contribution in [-0.4, -0.2) is 29.3 Å². The van der Waals surface area contributed by atoms with Crippen LogP contribution in [-0.2, 0) is 17.6 Å². The van der Waals surface area contributed by atoms with E-state index in [2.05, 4.69) is 37.8 Å². The van der Waals surface area contributed by atoms with Crippen molar-refractivity contribution < 1.29 is 4.79 Å². The molecule has 1 aromatic rings. The Morgan fingerprint density at radius 2 is 1.84 bits per heavy atom. The summed E-state index contributed by atoms with van der Waals surface area (Å²) in [6.45, 7) is 8.49. The highest BCUT2D eigenvalue weighted by molar-refractivity contribution is 7.12. The van der Waals surface area contributed by atoms with Gasteiger partial charge in [0.25, 0.3) is 0 Å². The Labute approximate surface area is 120 Å². The first-order valence-electron chi connectivity index (χ1n) is 7.40. The summed E-state index contributed by atoms with van der Waals surface area (Å²) in [4.78, 5) is 17.6. The molecule has 0 saturated carbocycles. The van der Waals surface area contributed by atoms with Gasteiger partial charge in [0, 0.05) is 16.2 Å². The molecule has 0 atom stereocenters. The van der Waals surface area contributed by atoms with Crippen molar-refractivity contribution in [1.29, 1.82) is 0 Å². The number of piperidine rings is 1. The van der Waals surface area contributed by atoms with Gasteiger partial charge < -0.3 is 0 Å². The van der Waals surface area contributed by atoms with Gasteiger partial charge in [-0.2, -0.15) is 0 Å². The maximum Gasteiger partial charge on any atom is 0.157 e. The van der Waals surface area contributed by atoms with Gasteiger partial charge in [-0.25, -0.2) is 0 Å². The zero-order valence-electron chi connectivity index (χ0n) is 12.4. The molecular weight excluding hydrogens is 254 g/mol. The van der Waals surface area contributed by atoms with Gasteiger partial charge in [0.1, 0.15) is 0 Å². The van der Waals surface area contributed by atoms with Crippen molar-refractivity contribution in [3.63, 3.8) is 0 Å². The second kappa shape index (κ2) is 6.19. The van der Waals surface area contributed by atoms with Gasteiger partial charge >= 0.3 is 0 Å². The van der Waals surface area contributed by atoms with E-state index in [4.69, 9.17) is 0 Å². The van der Waals surface area contributed by atoms with Gasteiger partial charge in [0.05, 0.1) is 5.54 Å². The number of nitrogens with zero attached hydrogens (tertiary/aromatic N) is 1. The predicted octanol–water partition coefficient (Wildman–Crippen LogP) is 3.69. The minimum Gasteiger partial charge on any atom is -0.297 e. The Morgan fingerprint density at radius 1 is 1.21 bits per heavy atom. The standard InChI is InChI=1S/C16H25NOS/c1-4-13-8-9-14(19-13)12-15(18)16(2,3)17-10-6-5-7-11-17/h8-9H,4-7,10-12H2,1-3H3. The second-order valence-corrected chi connectivity index (χ2v) is 7.18. The van der Waals surface area contributed by atoms with Crippen molar-refractivity contribution in [2.75, 3.05) is 13.1 Å². The quantitative estimate of drug-likeness (QED) is 0.819. The third-order valence-electron chi connectivity index (χ3n) is 4.23. The van der Waals surface area contributed by atoms with Gasteiger partial charge in [0.15, 0.2) is 5.78 Å². The smallest absolute Gasteiger partial charge is 0.157 e. The van der Waals surface area contributed by atoms with Crippen molar-refractivity contribution in [2.24, 2.45) is 0 Å². The van der Waals surface area contributed by atoms with Crippen LogP contribution in [0.1, 0.15) is 49.8 Å². The molecule has 19 heavy (non-hydrogen) atoms. The van der Waals surface area contributed by atoms with Gasteiger partial charge in [-0.1, -0.05) is 13.3 Å². The Balaban J connectivity index is 2.00. The van der Waals surface area contributed by atoms with Crippen LogP contribution in [0.5, 0.6) is 0 Å². The van der Waals surface area contributed by atoms with Crippen LogP contribution in [0.2, 0.25) is 0 Å². The largest absolute Gasteiger partial charge is 0.297 e. The topological polar surface area (TPSA) is 20.3 Å². The first-order valence-corrected chi connectivity index (χ1v) is 8.21. The lowest BCUT2D eigenvalue weighted by Gasteiger charge is -2.39. The molecule has 2 nitrogen and oxygen atoms in total. The fourth-order valence-electron chi connectivity index (χ4n) is 2.71. The molecule has 2 heterocycles. The first-order chi connectivity index (χ1) is 9.04. The van der Waals surface area contributed by atoms with Crippen molar-refractivity contribution in [3.05, 3.63) is 21.9 Å². The van der Waals surface area contributed by atoms with Crippen LogP contribution in [0, 0.1) is 0 Å². The molecule has 0 spiro atoms. The fourth-order valence-corrected chi connectivity index (χ4v) is 3.67. The summed E-state index contributed by atoms with van der Waals surface area (Å²) < 4.78 is 0. The minimum atomic E-state index is -0.309. The summed E-state index contributed by atoms with van der Waals surface area (Å²) in [5, 5.41) is 0. The summed E-state index contributed by atoms with van der Waals surface area (Å²) >= 11 is 1.78. The van der Waals surface area contributed by atoms with Crippen molar-refractivity contribution in [2.45, 2.75) is 58.4 Å². The number of rotatable bonds is 5. The SMILES string of the molecule is CCc1ccc(CC(=O)C(C)(C)N2CCCCC2)s1. The summed E-state index contributed by atoms with van der Waals surface area (Å²) in [6, 6.07) is 4.27. The number of carbonyl (C=O) groups is 1. The molecule has 0 bridgehead atoms. The van der Waals surface area contributed by atoms with E-state index in [0.29, 0.717) is 12.2 Å². The van der Waals surface area contributed by atoms with E-state index < -0.39 is 0 Å². The Morgan fingerprint density at radius 3 is 2.42 bits per heavy atom. The zero-order chi connectivity index (χ0) is 13.9. The van der Waals surface area contributed by atoms with E-state index in [1.54, 1.807) is 11.3 Å². The van der Waals surface area contributed by atoms with Crippen LogP contribution in [0.15, 0.2) is 12.1 Å². The molecule has 1 aliphatic heterocycles. The van der Waals surface area contributed by atoms with Crippen LogP contribution in [0.25, 0.3) is 0 Å². The summed E-state index contributed by atoms with van der Waals surface area (Å²) in [5.74, 6) is 0.360. The zero-order valence-corrected chi connectivity index (χ0v) is 13.2. The first kappa shape index (κ1) is 14.7. The van der Waals surface area contributed by atoms with E-state index in [1.165, 1.54) is 29.0 Å². The highest BCUT2D eigenvalue weighted by Gasteiger charge is 2.34. The molecule has 1 aromatic heterocycles. The number of hydrogen-bond acceptors (Lipinski definition) is 3. The van der Waals surface area contributed by atoms with Crippen molar-refractivity contribution in [1.82, 2.24) is 4.90 Å². The number of thiophene rings is 1. The molecule has 1 saturated heterocycles. The summed E-state index contributed by atoms with van der Waals surface area (Å²) in [7, 11) is 0. The molecular formula is C16H25NOS. The van der Waals surface area contributed by atoms with E-state index >= 15 is 0 Å². The average molecular weight is 279 g/mol. The third-order valence-corrected chi connectivity index (χ3v) is 5.46. The molecule has 0 N–H and O–H groups in total. The normalized spacial score (nSPS) is 17.6. The average Bonchev–Trinajstić information content (AvgIpc) is 2.87. The molecule has 0 unspecified atom stereocenters. The number of Topliss-reactive ketones (excluding diaryl/α,β-unsaturated/α-hetero) is 1. The Hall–Kier alpha value is -0.670. The van der Waals surface area contributed by atoms with Crippen LogP contribution in [0.3, 0.4) is 0 Å². The number of carbonyl (C=O) groups excluding carboxylic acids is 1. The molecule has 0 radical (unpaired) electrons. The Bertz CT molecular complexity index is 430. The molecule has 3 heteroatoms. The Kier molecular flexibility index (Phi) is 4.80. The van der Waals surface area contributed by atoms with Gasteiger partial charge in [-0.3, -0.25) is 9.69 Å². The van der Waals surface area contributed by atoms with Crippen LogP contribution < -0.4 is 0 Å². The number of aryl methyl sites for hydroxylation is 1. The van der Waals surface area contributed by atoms with E-state index in [0.717, 1.165) is 19.5 Å². The molecule has 1 fully saturated rings. The molecule has 106 valence electrons. The molecule has 2 rings (SSSR count). The monoisotopic (exact) mass is 279 g/mol. The summed E-state index contributed by atoms with van der Waals surface area (Å²) in [5.41, 5.74) is -0.309. The van der Waals surface area contributed by atoms with E-state index in [9.17, 15) is 4.79 Å². The van der Waals surface area contributed by atoms with Crippen molar-refractivity contribution >= 4 is 17.1 Å². The lowest BCUT2D eigenvalue weighted by atomic mass is 9.91. The second-order valence-electron chi connectivity index (χ2n) is 5.93. The van der Waals surface area contributed by atoms with Gasteiger partial charge in [-0.05, 0) is 58.3 Å². The predicted molar refractivity (Wildman–Crippen MR) is 81.9 cm³/mol. The minimum absolute atomic E-state index is 0.309. The fraction of sp³-hybridized carbons (Fsp3) is 0.688. The van der Waals surface area contributed by atoms with E-state index in [-0.39, 0.29) is 5.54 Å². The van der Waals surface area contributed by atoms with Crippen LogP contribution >= 0.6 is 11.3 Å². The summed E-state index contributed by atoms with van der Waals surface area (Å²) in [6.07, 6.45) is 5.43. The lowest BCUT2D eigenvalue weighted by molar-refractivity contribution is -0.129. The van der Waals surface area contributed by atoms with Crippen molar-refractivity contribution in [3.8, 4) is 0 Å². The van der Waals surface area contributed by atoms with Gasteiger partial charge in [-0.15, -0.1) is 11.3 Å². The molecule has 1 aliphatic rings. The highest BCUT2D eigenvalue weighted by Crippen LogP contribution is 2.25.